The average molecular weight is 366 g/mol. The van der Waals surface area contributed by atoms with Crippen LogP contribution >= 0.6 is 11.6 Å². The summed E-state index contributed by atoms with van der Waals surface area (Å²) in [5.41, 5.74) is 0.0130. The van der Waals surface area contributed by atoms with Crippen molar-refractivity contribution in [2.24, 2.45) is 0 Å². The first-order valence-corrected chi connectivity index (χ1v) is 7.45. The van der Waals surface area contributed by atoms with Crippen molar-refractivity contribution >= 4 is 34.7 Å². The van der Waals surface area contributed by atoms with Gasteiger partial charge in [-0.1, -0.05) is 29.8 Å². The maximum Gasteiger partial charge on any atom is 0.417 e. The zero-order valence-corrected chi connectivity index (χ0v) is 13.3. The SMILES string of the molecule is FC(F)(F)c1cc(Nc2cnnc(Nc3ccccc3)n2)ccc1Cl. The molecule has 2 aromatic carbocycles. The topological polar surface area (TPSA) is 62.7 Å². The van der Waals surface area contributed by atoms with Gasteiger partial charge in [-0.3, -0.25) is 0 Å². The van der Waals surface area contributed by atoms with Gasteiger partial charge in [0.1, 0.15) is 0 Å². The summed E-state index contributed by atoms with van der Waals surface area (Å²) in [7, 11) is 0. The van der Waals surface area contributed by atoms with Crippen molar-refractivity contribution in [1.82, 2.24) is 15.2 Å². The molecule has 0 saturated carbocycles. The number of hydrogen-bond acceptors (Lipinski definition) is 5. The Kier molecular flexibility index (Phi) is 4.71. The molecule has 0 radical (unpaired) electrons. The summed E-state index contributed by atoms with van der Waals surface area (Å²) in [4.78, 5) is 4.17. The Balaban J connectivity index is 1.81. The molecule has 5 nitrogen and oxygen atoms in total. The van der Waals surface area contributed by atoms with Gasteiger partial charge < -0.3 is 10.6 Å². The van der Waals surface area contributed by atoms with E-state index in [1.165, 1.54) is 18.3 Å². The molecule has 1 aromatic heterocycles. The first kappa shape index (κ1) is 17.0. The number of rotatable bonds is 4. The molecule has 25 heavy (non-hydrogen) atoms. The van der Waals surface area contributed by atoms with Crippen molar-refractivity contribution in [2.45, 2.75) is 6.18 Å². The second-order valence-corrected chi connectivity index (χ2v) is 5.38. The van der Waals surface area contributed by atoms with Gasteiger partial charge in [0.25, 0.3) is 0 Å². The van der Waals surface area contributed by atoms with Crippen LogP contribution in [0.25, 0.3) is 0 Å². The number of nitrogens with zero attached hydrogens (tertiary/aromatic N) is 3. The molecule has 0 fully saturated rings. The van der Waals surface area contributed by atoms with Crippen LogP contribution in [0.5, 0.6) is 0 Å². The van der Waals surface area contributed by atoms with E-state index < -0.39 is 11.7 Å². The predicted molar refractivity (Wildman–Crippen MR) is 89.3 cm³/mol. The van der Waals surface area contributed by atoms with Crippen LogP contribution in [0.2, 0.25) is 5.02 Å². The van der Waals surface area contributed by atoms with Gasteiger partial charge in [0.15, 0.2) is 5.82 Å². The Morgan fingerprint density at radius 1 is 0.920 bits per heavy atom. The first-order chi connectivity index (χ1) is 11.9. The van der Waals surface area contributed by atoms with Gasteiger partial charge in [0, 0.05) is 11.4 Å². The third-order valence-corrected chi connectivity index (χ3v) is 3.46. The molecular weight excluding hydrogens is 355 g/mol. The van der Waals surface area contributed by atoms with Crippen LogP contribution in [0.1, 0.15) is 5.56 Å². The Labute approximate surface area is 145 Å². The Morgan fingerprint density at radius 2 is 1.68 bits per heavy atom. The lowest BCUT2D eigenvalue weighted by Crippen LogP contribution is -2.07. The standard InChI is InChI=1S/C16H11ClF3N5/c17-13-7-6-11(8-12(13)16(18,19)20)22-14-9-21-25-15(24-14)23-10-4-2-1-3-5-10/h1-9H,(H2,22,23,24,25). The fraction of sp³-hybridized carbons (Fsp3) is 0.0625. The minimum absolute atomic E-state index is 0.183. The van der Waals surface area contributed by atoms with Crippen molar-refractivity contribution in [3.05, 3.63) is 65.3 Å². The van der Waals surface area contributed by atoms with Crippen molar-refractivity contribution in [3.8, 4) is 0 Å². The van der Waals surface area contributed by atoms with Gasteiger partial charge in [0.05, 0.1) is 16.8 Å². The van der Waals surface area contributed by atoms with Crippen LogP contribution in [0.3, 0.4) is 0 Å². The van der Waals surface area contributed by atoms with Crippen molar-refractivity contribution in [1.29, 1.82) is 0 Å². The normalized spacial score (nSPS) is 11.2. The van der Waals surface area contributed by atoms with E-state index in [-0.39, 0.29) is 22.5 Å². The van der Waals surface area contributed by atoms with Gasteiger partial charge in [-0.05, 0) is 30.3 Å². The average Bonchev–Trinajstić information content (AvgIpc) is 2.57. The lowest BCUT2D eigenvalue weighted by molar-refractivity contribution is -0.137. The van der Waals surface area contributed by atoms with Gasteiger partial charge in [-0.15, -0.1) is 5.10 Å². The van der Waals surface area contributed by atoms with Gasteiger partial charge in [0.2, 0.25) is 5.95 Å². The summed E-state index contributed by atoms with van der Waals surface area (Å²) in [6.45, 7) is 0. The molecule has 3 rings (SSSR count). The van der Waals surface area contributed by atoms with Crippen LogP contribution in [0.15, 0.2) is 54.7 Å². The molecule has 0 aliphatic carbocycles. The summed E-state index contributed by atoms with van der Waals surface area (Å²) in [5.74, 6) is 0.449. The first-order valence-electron chi connectivity index (χ1n) is 7.07. The minimum Gasteiger partial charge on any atom is -0.339 e. The maximum absolute atomic E-state index is 12.9. The van der Waals surface area contributed by atoms with E-state index in [1.807, 2.05) is 30.3 Å². The lowest BCUT2D eigenvalue weighted by Gasteiger charge is -2.12. The number of hydrogen-bond donors (Lipinski definition) is 2. The van der Waals surface area contributed by atoms with Crippen LogP contribution in [0.4, 0.5) is 36.3 Å². The largest absolute Gasteiger partial charge is 0.417 e. The molecule has 0 bridgehead atoms. The number of para-hydroxylation sites is 1. The highest BCUT2D eigenvalue weighted by molar-refractivity contribution is 6.31. The van der Waals surface area contributed by atoms with E-state index in [0.717, 1.165) is 11.8 Å². The van der Waals surface area contributed by atoms with E-state index in [1.54, 1.807) is 0 Å². The molecular formula is C16H11ClF3N5. The van der Waals surface area contributed by atoms with Crippen LogP contribution in [-0.2, 0) is 6.18 Å². The van der Waals surface area contributed by atoms with E-state index in [0.29, 0.717) is 0 Å². The molecule has 2 N–H and O–H groups in total. The van der Waals surface area contributed by atoms with E-state index in [2.05, 4.69) is 25.8 Å². The summed E-state index contributed by atoms with van der Waals surface area (Å²) in [6.07, 6.45) is -3.24. The molecule has 0 saturated heterocycles. The molecule has 3 aromatic rings. The predicted octanol–water partition coefficient (Wildman–Crippen LogP) is 5.03. The zero-order chi connectivity index (χ0) is 17.9. The highest BCUT2D eigenvalue weighted by atomic mass is 35.5. The quantitative estimate of drug-likeness (QED) is 0.679. The molecule has 0 spiro atoms. The van der Waals surface area contributed by atoms with E-state index in [4.69, 9.17) is 11.6 Å². The second-order valence-electron chi connectivity index (χ2n) is 4.97. The fourth-order valence-corrected chi connectivity index (χ4v) is 2.26. The van der Waals surface area contributed by atoms with Gasteiger partial charge >= 0.3 is 6.18 Å². The summed E-state index contributed by atoms with van der Waals surface area (Å²) in [5, 5.41) is 13.0. The number of anilines is 4. The monoisotopic (exact) mass is 365 g/mol. The Hall–Kier alpha value is -2.87. The van der Waals surface area contributed by atoms with E-state index >= 15 is 0 Å². The molecule has 0 atom stereocenters. The van der Waals surface area contributed by atoms with Crippen LogP contribution in [-0.4, -0.2) is 15.2 Å². The molecule has 1 heterocycles. The highest BCUT2D eigenvalue weighted by Crippen LogP contribution is 2.36. The van der Waals surface area contributed by atoms with Gasteiger partial charge in [-0.2, -0.15) is 23.3 Å². The number of nitrogens with one attached hydrogen (secondary N) is 2. The van der Waals surface area contributed by atoms with E-state index in [9.17, 15) is 13.2 Å². The smallest absolute Gasteiger partial charge is 0.339 e. The van der Waals surface area contributed by atoms with Gasteiger partial charge in [-0.25, -0.2) is 0 Å². The summed E-state index contributed by atoms with van der Waals surface area (Å²) in [6, 6.07) is 12.7. The van der Waals surface area contributed by atoms with Crippen LogP contribution in [0, 0.1) is 0 Å². The number of benzene rings is 2. The molecule has 128 valence electrons. The van der Waals surface area contributed by atoms with Crippen LogP contribution < -0.4 is 10.6 Å². The number of halogens is 4. The third-order valence-electron chi connectivity index (χ3n) is 3.13. The summed E-state index contributed by atoms with van der Waals surface area (Å²) < 4.78 is 38.7. The minimum atomic E-state index is -4.54. The molecule has 0 unspecified atom stereocenters. The Bertz CT molecular complexity index is 871. The van der Waals surface area contributed by atoms with Crippen molar-refractivity contribution < 1.29 is 13.2 Å². The molecule has 0 amide bonds. The molecule has 0 aliphatic heterocycles. The fourth-order valence-electron chi connectivity index (χ4n) is 2.04. The molecule has 0 aliphatic rings. The number of alkyl halides is 3. The zero-order valence-electron chi connectivity index (χ0n) is 12.5. The second kappa shape index (κ2) is 6.94. The molecule has 9 heteroatoms. The van der Waals surface area contributed by atoms with Crippen molar-refractivity contribution in [3.63, 3.8) is 0 Å². The Morgan fingerprint density at radius 3 is 2.40 bits per heavy atom. The maximum atomic E-state index is 12.9. The number of aromatic nitrogens is 3. The lowest BCUT2D eigenvalue weighted by atomic mass is 10.2. The summed E-state index contributed by atoms with van der Waals surface area (Å²) >= 11 is 5.60. The van der Waals surface area contributed by atoms with Crippen molar-refractivity contribution in [2.75, 3.05) is 10.6 Å². The highest BCUT2D eigenvalue weighted by Gasteiger charge is 2.33. The third kappa shape index (κ3) is 4.36.